The van der Waals surface area contributed by atoms with Crippen LogP contribution < -0.4 is 4.74 Å². The van der Waals surface area contributed by atoms with E-state index in [1.807, 2.05) is 0 Å². The average Bonchev–Trinajstić information content (AvgIpc) is 3.27. The number of tetrazole rings is 1. The molecule has 0 radical (unpaired) electrons. The topological polar surface area (TPSA) is 107 Å². The Kier molecular flexibility index (Phi) is 6.79. The molecule has 1 saturated heterocycles. The van der Waals surface area contributed by atoms with E-state index in [0.29, 0.717) is 18.7 Å². The fourth-order valence-corrected chi connectivity index (χ4v) is 5.87. The molecule has 0 unspecified atom stereocenters. The molecular weight excluding hydrogens is 459 g/mol. The van der Waals surface area contributed by atoms with E-state index in [1.165, 1.54) is 16.8 Å². The fraction of sp³-hybridized carbons (Fsp3) is 0.529. The molecule has 9 nitrogen and oxygen atoms in total. The van der Waals surface area contributed by atoms with Gasteiger partial charge in [0.05, 0.1) is 22.4 Å². The van der Waals surface area contributed by atoms with Gasteiger partial charge < -0.3 is 9.64 Å². The lowest BCUT2D eigenvalue weighted by Crippen LogP contribution is -2.44. The molecule has 1 fully saturated rings. The molecule has 2 atom stereocenters. The lowest BCUT2D eigenvalue weighted by Gasteiger charge is -2.29. The molecule has 2 heterocycles. The van der Waals surface area contributed by atoms with Crippen molar-refractivity contribution in [3.8, 4) is 11.4 Å². The molecule has 0 N–H and O–H groups in total. The molecule has 3 rings (SSSR count). The number of thioether (sulfide) groups is 1. The molecule has 170 valence electrons. The van der Waals surface area contributed by atoms with Crippen LogP contribution in [-0.4, -0.2) is 75.1 Å². The number of halogens is 3. The van der Waals surface area contributed by atoms with Gasteiger partial charge >= 0.3 is 6.36 Å². The first-order chi connectivity index (χ1) is 14.5. The summed E-state index contributed by atoms with van der Waals surface area (Å²) >= 11 is 1.07. The van der Waals surface area contributed by atoms with E-state index in [0.717, 1.165) is 23.9 Å². The predicted molar refractivity (Wildman–Crippen MR) is 106 cm³/mol. The summed E-state index contributed by atoms with van der Waals surface area (Å²) in [5, 5.41) is 11.0. The second-order valence-electron chi connectivity index (χ2n) is 6.86. The van der Waals surface area contributed by atoms with Crippen molar-refractivity contribution in [2.45, 2.75) is 43.1 Å². The Hall–Kier alpha value is -2.35. The molecule has 1 aliphatic rings. The summed E-state index contributed by atoms with van der Waals surface area (Å²) in [6.07, 6.45) is -4.39. The zero-order chi connectivity index (χ0) is 22.8. The van der Waals surface area contributed by atoms with Crippen LogP contribution in [0.5, 0.6) is 5.75 Å². The summed E-state index contributed by atoms with van der Waals surface area (Å²) in [5.74, 6) is -0.603. The van der Waals surface area contributed by atoms with Crippen LogP contribution in [-0.2, 0) is 14.6 Å². The molecule has 1 aliphatic heterocycles. The largest absolute Gasteiger partial charge is 0.573 e. The minimum absolute atomic E-state index is 0.0476. The van der Waals surface area contributed by atoms with Gasteiger partial charge in [0.15, 0.2) is 9.84 Å². The third kappa shape index (κ3) is 5.87. The van der Waals surface area contributed by atoms with E-state index >= 15 is 0 Å². The molecule has 1 aromatic carbocycles. The minimum atomic E-state index is -4.79. The van der Waals surface area contributed by atoms with Crippen molar-refractivity contribution in [3.63, 3.8) is 0 Å². The van der Waals surface area contributed by atoms with E-state index in [1.54, 1.807) is 18.7 Å². The molecule has 0 spiro atoms. The van der Waals surface area contributed by atoms with Gasteiger partial charge in [-0.25, -0.2) is 8.42 Å². The number of sulfone groups is 1. The van der Waals surface area contributed by atoms with Crippen LogP contribution in [0.1, 0.15) is 20.3 Å². The SMILES string of the molecule is CCN(C(=O)[C@H](C)Sc1nnnn1-c1ccc(OC(F)(F)F)cc1)[C@@H]1CCS(=O)(=O)C1. The molecule has 0 saturated carbocycles. The van der Waals surface area contributed by atoms with Gasteiger partial charge in [0.25, 0.3) is 0 Å². The maximum atomic E-state index is 12.9. The third-order valence-electron chi connectivity index (χ3n) is 4.66. The zero-order valence-corrected chi connectivity index (χ0v) is 18.2. The van der Waals surface area contributed by atoms with Gasteiger partial charge in [0.1, 0.15) is 5.75 Å². The Bertz CT molecular complexity index is 1030. The maximum absolute atomic E-state index is 12.9. The van der Waals surface area contributed by atoms with E-state index < -0.39 is 21.4 Å². The van der Waals surface area contributed by atoms with Crippen LogP contribution in [0.3, 0.4) is 0 Å². The Morgan fingerprint density at radius 1 is 1.35 bits per heavy atom. The number of aromatic nitrogens is 4. The molecule has 31 heavy (non-hydrogen) atoms. The summed E-state index contributed by atoms with van der Waals surface area (Å²) in [6, 6.07) is 4.62. The minimum Gasteiger partial charge on any atom is -0.406 e. The second-order valence-corrected chi connectivity index (χ2v) is 10.4. The average molecular weight is 480 g/mol. The zero-order valence-electron chi connectivity index (χ0n) is 16.6. The highest BCUT2D eigenvalue weighted by Gasteiger charge is 2.36. The van der Waals surface area contributed by atoms with Crippen LogP contribution >= 0.6 is 11.8 Å². The first kappa shape index (κ1) is 23.3. The van der Waals surface area contributed by atoms with E-state index in [-0.39, 0.29) is 34.4 Å². The van der Waals surface area contributed by atoms with Gasteiger partial charge in [-0.1, -0.05) is 11.8 Å². The number of hydrogen-bond acceptors (Lipinski definition) is 8. The maximum Gasteiger partial charge on any atom is 0.573 e. The van der Waals surface area contributed by atoms with Gasteiger partial charge in [-0.3, -0.25) is 4.79 Å². The van der Waals surface area contributed by atoms with Crippen LogP contribution in [0.2, 0.25) is 0 Å². The van der Waals surface area contributed by atoms with Crippen LogP contribution in [0, 0.1) is 0 Å². The molecule has 2 aromatic rings. The predicted octanol–water partition coefficient (Wildman–Crippen LogP) is 2.08. The second kappa shape index (κ2) is 9.02. The highest BCUT2D eigenvalue weighted by molar-refractivity contribution is 8.00. The number of nitrogens with zero attached hydrogens (tertiary/aromatic N) is 5. The number of amides is 1. The Labute approximate surface area is 180 Å². The third-order valence-corrected chi connectivity index (χ3v) is 7.43. The van der Waals surface area contributed by atoms with E-state index in [9.17, 15) is 26.4 Å². The quantitative estimate of drug-likeness (QED) is 0.556. The Morgan fingerprint density at radius 2 is 2.03 bits per heavy atom. The number of ether oxygens (including phenoxy) is 1. The number of carbonyl (C=O) groups excluding carboxylic acids is 1. The molecule has 0 aliphatic carbocycles. The van der Waals surface area contributed by atoms with Crippen molar-refractivity contribution < 1.29 is 31.1 Å². The molecule has 1 aromatic heterocycles. The number of hydrogen-bond donors (Lipinski definition) is 0. The van der Waals surface area contributed by atoms with Crippen molar-refractivity contribution in [1.29, 1.82) is 0 Å². The van der Waals surface area contributed by atoms with Gasteiger partial charge in [-0.15, -0.1) is 18.3 Å². The highest BCUT2D eigenvalue weighted by Crippen LogP contribution is 2.28. The van der Waals surface area contributed by atoms with Crippen molar-refractivity contribution in [3.05, 3.63) is 24.3 Å². The normalized spacial score (nSPS) is 19.2. The summed E-state index contributed by atoms with van der Waals surface area (Å²) in [5.41, 5.74) is 0.385. The first-order valence-corrected chi connectivity index (χ1v) is 12.0. The van der Waals surface area contributed by atoms with Crippen molar-refractivity contribution in [2.24, 2.45) is 0 Å². The summed E-state index contributed by atoms with van der Waals surface area (Å²) in [4.78, 5) is 14.5. The van der Waals surface area contributed by atoms with Crippen LogP contribution in [0.4, 0.5) is 13.2 Å². The van der Waals surface area contributed by atoms with Crippen molar-refractivity contribution in [2.75, 3.05) is 18.1 Å². The fourth-order valence-electron chi connectivity index (χ4n) is 3.26. The highest BCUT2D eigenvalue weighted by atomic mass is 32.2. The summed E-state index contributed by atoms with van der Waals surface area (Å²) in [7, 11) is -3.14. The molecule has 0 bridgehead atoms. The Morgan fingerprint density at radius 3 is 2.58 bits per heavy atom. The van der Waals surface area contributed by atoms with Gasteiger partial charge in [-0.05, 0) is 55.0 Å². The van der Waals surface area contributed by atoms with Crippen molar-refractivity contribution in [1.82, 2.24) is 25.1 Å². The van der Waals surface area contributed by atoms with E-state index in [4.69, 9.17) is 0 Å². The first-order valence-electron chi connectivity index (χ1n) is 9.31. The van der Waals surface area contributed by atoms with Crippen LogP contribution in [0.25, 0.3) is 5.69 Å². The number of benzene rings is 1. The van der Waals surface area contributed by atoms with Crippen molar-refractivity contribution >= 4 is 27.5 Å². The standard InChI is InChI=1S/C17H20F3N5O4S2/c1-3-24(13-8-9-31(27,28)10-13)15(26)11(2)30-16-21-22-23-25(16)12-4-6-14(7-5-12)29-17(18,19)20/h4-7,11,13H,3,8-10H2,1-2H3/t11-,13+/m0/s1. The van der Waals surface area contributed by atoms with Gasteiger partial charge in [0.2, 0.25) is 11.1 Å². The lowest BCUT2D eigenvalue weighted by molar-refractivity contribution is -0.274. The lowest BCUT2D eigenvalue weighted by atomic mass is 10.2. The number of alkyl halides is 3. The van der Waals surface area contributed by atoms with Crippen LogP contribution in [0.15, 0.2) is 29.4 Å². The smallest absolute Gasteiger partial charge is 0.406 e. The summed E-state index contributed by atoms with van der Waals surface area (Å²) in [6.45, 7) is 3.82. The molecule has 14 heteroatoms. The van der Waals surface area contributed by atoms with E-state index in [2.05, 4.69) is 20.3 Å². The Balaban J connectivity index is 1.71. The van der Waals surface area contributed by atoms with Gasteiger partial charge in [-0.2, -0.15) is 4.68 Å². The molecule has 1 amide bonds. The van der Waals surface area contributed by atoms with Gasteiger partial charge in [0, 0.05) is 12.6 Å². The number of rotatable bonds is 7. The number of carbonyl (C=O) groups is 1. The molecular formula is C17H20F3N5O4S2. The summed E-state index contributed by atoms with van der Waals surface area (Å²) < 4.78 is 65.6. The monoisotopic (exact) mass is 479 g/mol.